The van der Waals surface area contributed by atoms with E-state index in [-0.39, 0.29) is 5.78 Å². The predicted octanol–water partition coefficient (Wildman–Crippen LogP) is 5.73. The third-order valence-electron chi connectivity index (χ3n) is 5.10. The molecule has 1 aliphatic rings. The molecule has 0 unspecified atom stereocenters. The Bertz CT molecular complexity index is 1220. The van der Waals surface area contributed by atoms with Crippen molar-refractivity contribution in [1.82, 2.24) is 9.97 Å². The van der Waals surface area contributed by atoms with E-state index in [0.717, 1.165) is 46.3 Å². The normalized spacial score (nSPS) is 13.6. The summed E-state index contributed by atoms with van der Waals surface area (Å²) in [6, 6.07) is 21.5. The molecule has 0 radical (unpaired) electrons. The molecular formula is C26H20N2O2. The highest BCUT2D eigenvalue weighted by molar-refractivity contribution is 6.07. The first kappa shape index (κ1) is 18.3. The van der Waals surface area contributed by atoms with Crippen LogP contribution in [0.1, 0.15) is 28.8 Å². The Morgan fingerprint density at radius 3 is 2.20 bits per heavy atom. The molecule has 0 amide bonds. The van der Waals surface area contributed by atoms with Crippen LogP contribution < -0.4 is 4.74 Å². The van der Waals surface area contributed by atoms with Gasteiger partial charge in [0.05, 0.1) is 17.1 Å². The van der Waals surface area contributed by atoms with Gasteiger partial charge in [-0.2, -0.15) is 0 Å². The second kappa shape index (κ2) is 7.91. The molecule has 3 aromatic carbocycles. The number of carbonyl (C=O) groups excluding carboxylic acids is 1. The fourth-order valence-corrected chi connectivity index (χ4v) is 3.28. The Morgan fingerprint density at radius 2 is 1.50 bits per heavy atom. The molecular weight excluding hydrogens is 372 g/mol. The van der Waals surface area contributed by atoms with E-state index in [4.69, 9.17) is 4.74 Å². The third kappa shape index (κ3) is 4.13. The summed E-state index contributed by atoms with van der Waals surface area (Å²) in [6.45, 7) is 0. The minimum Gasteiger partial charge on any atom is -0.490 e. The summed E-state index contributed by atoms with van der Waals surface area (Å²) in [4.78, 5) is 21.1. The summed E-state index contributed by atoms with van der Waals surface area (Å²) in [5.74, 6) is 0.881. The topological polar surface area (TPSA) is 52.1 Å². The summed E-state index contributed by atoms with van der Waals surface area (Å²) in [6.07, 6.45) is 9.44. The smallest absolute Gasteiger partial charge is 0.185 e. The van der Waals surface area contributed by atoms with Crippen LogP contribution in [0.15, 0.2) is 85.2 Å². The lowest BCUT2D eigenvalue weighted by Gasteiger charge is -2.06. The van der Waals surface area contributed by atoms with Crippen molar-refractivity contribution in [2.75, 3.05) is 0 Å². The van der Waals surface area contributed by atoms with E-state index in [1.807, 2.05) is 60.7 Å². The number of ether oxygens (including phenoxy) is 1. The van der Waals surface area contributed by atoms with Crippen LogP contribution in [0.25, 0.3) is 28.2 Å². The van der Waals surface area contributed by atoms with Crippen LogP contribution in [0, 0.1) is 0 Å². The highest BCUT2D eigenvalue weighted by Crippen LogP contribution is 2.28. The number of rotatable bonds is 6. The average Bonchev–Trinajstić information content (AvgIpc) is 3.62. The third-order valence-corrected chi connectivity index (χ3v) is 5.10. The second-order valence-corrected chi connectivity index (χ2v) is 7.42. The van der Waals surface area contributed by atoms with Crippen LogP contribution in [0.3, 0.4) is 0 Å². The van der Waals surface area contributed by atoms with Crippen LogP contribution in [0.2, 0.25) is 0 Å². The lowest BCUT2D eigenvalue weighted by atomic mass is 10.0. The molecule has 0 saturated heterocycles. The van der Waals surface area contributed by atoms with E-state index < -0.39 is 0 Å². The van der Waals surface area contributed by atoms with Gasteiger partial charge in [-0.15, -0.1) is 0 Å². The number of ketones is 1. The maximum Gasteiger partial charge on any atom is 0.185 e. The Kier molecular flexibility index (Phi) is 4.81. The molecule has 0 aliphatic heterocycles. The van der Waals surface area contributed by atoms with Crippen LogP contribution in [0.5, 0.6) is 5.75 Å². The number of hydrogen-bond donors (Lipinski definition) is 0. The SMILES string of the molecule is O=C(/C=C/c1ccc2nccnc2c1)c1ccc(-c2ccc(OC3CC3)cc2)cc1. The van der Waals surface area contributed by atoms with Crippen LogP contribution in [-0.2, 0) is 0 Å². The molecule has 4 nitrogen and oxygen atoms in total. The quantitative estimate of drug-likeness (QED) is 0.310. The molecule has 0 bridgehead atoms. The lowest BCUT2D eigenvalue weighted by Crippen LogP contribution is -1.95. The Morgan fingerprint density at radius 1 is 0.833 bits per heavy atom. The summed E-state index contributed by atoms with van der Waals surface area (Å²) in [7, 11) is 0. The van der Waals surface area contributed by atoms with Crippen molar-refractivity contribution in [2.45, 2.75) is 18.9 Å². The maximum absolute atomic E-state index is 12.6. The molecule has 1 aromatic heterocycles. The molecule has 1 aliphatic carbocycles. The number of hydrogen-bond acceptors (Lipinski definition) is 4. The number of fused-ring (bicyclic) bond motifs is 1. The van der Waals surface area contributed by atoms with Gasteiger partial charge in [0.1, 0.15) is 5.75 Å². The van der Waals surface area contributed by atoms with Crippen molar-refractivity contribution < 1.29 is 9.53 Å². The zero-order chi connectivity index (χ0) is 20.3. The Hall–Kier alpha value is -3.79. The van der Waals surface area contributed by atoms with Gasteiger partial charge in [0.15, 0.2) is 5.78 Å². The molecule has 1 heterocycles. The summed E-state index contributed by atoms with van der Waals surface area (Å²) < 4.78 is 5.79. The summed E-state index contributed by atoms with van der Waals surface area (Å²) in [5, 5.41) is 0. The number of nitrogens with zero attached hydrogens (tertiary/aromatic N) is 2. The average molecular weight is 392 g/mol. The van der Waals surface area contributed by atoms with Gasteiger partial charge in [-0.1, -0.05) is 48.5 Å². The molecule has 30 heavy (non-hydrogen) atoms. The molecule has 0 spiro atoms. The van der Waals surface area contributed by atoms with Crippen molar-refractivity contribution in [3.63, 3.8) is 0 Å². The molecule has 0 N–H and O–H groups in total. The van der Waals surface area contributed by atoms with Crippen molar-refractivity contribution in [3.8, 4) is 16.9 Å². The lowest BCUT2D eigenvalue weighted by molar-refractivity contribution is 0.104. The molecule has 0 atom stereocenters. The van der Waals surface area contributed by atoms with Crippen molar-refractivity contribution in [2.24, 2.45) is 0 Å². The fourth-order valence-electron chi connectivity index (χ4n) is 3.28. The summed E-state index contributed by atoms with van der Waals surface area (Å²) >= 11 is 0. The standard InChI is InChI=1S/C26H20N2O2/c29-26(14-2-18-1-13-24-25(17-18)28-16-15-27-24)21-5-3-19(4-6-21)20-7-9-22(10-8-20)30-23-11-12-23/h1-10,13-17,23H,11-12H2/b14-2+. The van der Waals surface area contributed by atoms with E-state index in [9.17, 15) is 4.79 Å². The molecule has 4 heteroatoms. The molecule has 4 aromatic rings. The monoisotopic (exact) mass is 392 g/mol. The van der Waals surface area contributed by atoms with E-state index in [2.05, 4.69) is 22.1 Å². The minimum absolute atomic E-state index is 0.0334. The van der Waals surface area contributed by atoms with E-state index in [1.54, 1.807) is 18.5 Å². The van der Waals surface area contributed by atoms with Gasteiger partial charge in [0, 0.05) is 18.0 Å². The first-order valence-electron chi connectivity index (χ1n) is 10.0. The summed E-state index contributed by atoms with van der Waals surface area (Å²) in [5.41, 5.74) is 5.39. The number of carbonyl (C=O) groups is 1. The van der Waals surface area contributed by atoms with Gasteiger partial charge in [-0.25, -0.2) is 0 Å². The first-order valence-corrected chi connectivity index (χ1v) is 10.0. The van der Waals surface area contributed by atoms with Crippen LogP contribution in [0.4, 0.5) is 0 Å². The first-order chi connectivity index (χ1) is 14.7. The number of benzene rings is 3. The van der Waals surface area contributed by atoms with E-state index in [0.29, 0.717) is 11.7 Å². The predicted molar refractivity (Wildman–Crippen MR) is 118 cm³/mol. The van der Waals surface area contributed by atoms with Crippen LogP contribution >= 0.6 is 0 Å². The molecule has 1 fully saturated rings. The largest absolute Gasteiger partial charge is 0.490 e. The zero-order valence-electron chi connectivity index (χ0n) is 16.4. The molecule has 1 saturated carbocycles. The van der Waals surface area contributed by atoms with E-state index >= 15 is 0 Å². The van der Waals surface area contributed by atoms with Crippen LogP contribution in [-0.4, -0.2) is 21.9 Å². The fraction of sp³-hybridized carbons (Fsp3) is 0.115. The van der Waals surface area contributed by atoms with E-state index in [1.165, 1.54) is 0 Å². The number of aromatic nitrogens is 2. The Labute approximate surface area is 174 Å². The maximum atomic E-state index is 12.6. The van der Waals surface area contributed by atoms with Gasteiger partial charge in [-0.05, 0) is 59.9 Å². The van der Waals surface area contributed by atoms with Crippen molar-refractivity contribution in [1.29, 1.82) is 0 Å². The highest BCUT2D eigenvalue weighted by atomic mass is 16.5. The number of allylic oxidation sites excluding steroid dienone is 1. The second-order valence-electron chi connectivity index (χ2n) is 7.42. The minimum atomic E-state index is -0.0334. The Balaban J connectivity index is 1.28. The van der Waals surface area contributed by atoms with Gasteiger partial charge in [0.25, 0.3) is 0 Å². The van der Waals surface area contributed by atoms with Crippen molar-refractivity contribution in [3.05, 3.63) is 96.3 Å². The van der Waals surface area contributed by atoms with Crippen molar-refractivity contribution >= 4 is 22.9 Å². The van der Waals surface area contributed by atoms with Gasteiger partial charge < -0.3 is 4.74 Å². The highest BCUT2D eigenvalue weighted by Gasteiger charge is 2.23. The van der Waals surface area contributed by atoms with Gasteiger partial charge in [0.2, 0.25) is 0 Å². The van der Waals surface area contributed by atoms with Gasteiger partial charge in [-0.3, -0.25) is 14.8 Å². The van der Waals surface area contributed by atoms with Gasteiger partial charge >= 0.3 is 0 Å². The molecule has 146 valence electrons. The zero-order valence-corrected chi connectivity index (χ0v) is 16.4. The molecule has 5 rings (SSSR count).